The molecular formula is C14H21N3. The fraction of sp³-hybridized carbons (Fsp3) is 0.643. The van der Waals surface area contributed by atoms with Gasteiger partial charge < -0.3 is 10.2 Å². The minimum atomic E-state index is 0.554. The maximum Gasteiger partial charge on any atom is 0.129 e. The first kappa shape index (κ1) is 11.0. The Morgan fingerprint density at radius 2 is 2.12 bits per heavy atom. The molecule has 0 saturated carbocycles. The summed E-state index contributed by atoms with van der Waals surface area (Å²) >= 11 is 0. The number of aryl methyl sites for hydroxylation is 2. The van der Waals surface area contributed by atoms with E-state index in [4.69, 9.17) is 0 Å². The van der Waals surface area contributed by atoms with Crippen LogP contribution in [0.15, 0.2) is 12.3 Å². The van der Waals surface area contributed by atoms with Crippen molar-refractivity contribution >= 4 is 5.82 Å². The monoisotopic (exact) mass is 231 g/mol. The third-order valence-electron chi connectivity index (χ3n) is 4.01. The van der Waals surface area contributed by atoms with Gasteiger partial charge in [0, 0.05) is 31.9 Å². The van der Waals surface area contributed by atoms with Gasteiger partial charge in [0.05, 0.1) is 0 Å². The maximum absolute atomic E-state index is 4.66. The van der Waals surface area contributed by atoms with Crippen LogP contribution in [-0.2, 0) is 12.8 Å². The fourth-order valence-corrected chi connectivity index (χ4v) is 2.94. The number of nitrogens with one attached hydrogen (secondary N) is 1. The lowest BCUT2D eigenvalue weighted by molar-refractivity contribution is 0.496. The van der Waals surface area contributed by atoms with Gasteiger partial charge in [-0.15, -0.1) is 0 Å². The summed E-state index contributed by atoms with van der Waals surface area (Å²) in [5.74, 6) is 1.18. The molecule has 17 heavy (non-hydrogen) atoms. The average Bonchev–Trinajstić information content (AvgIpc) is 2.39. The zero-order valence-corrected chi connectivity index (χ0v) is 10.6. The Labute approximate surface area is 103 Å². The molecule has 0 aromatic carbocycles. The van der Waals surface area contributed by atoms with E-state index in [1.54, 1.807) is 0 Å². The van der Waals surface area contributed by atoms with Crippen molar-refractivity contribution < 1.29 is 0 Å². The minimum absolute atomic E-state index is 0.554. The summed E-state index contributed by atoms with van der Waals surface area (Å²) in [7, 11) is 0. The van der Waals surface area contributed by atoms with Gasteiger partial charge in [-0.25, -0.2) is 4.98 Å². The Bertz CT molecular complexity index is 402. The van der Waals surface area contributed by atoms with Crippen LogP contribution >= 0.6 is 0 Å². The normalized spacial score (nSPS) is 24.5. The summed E-state index contributed by atoms with van der Waals surface area (Å²) in [6, 6.07) is 2.88. The van der Waals surface area contributed by atoms with E-state index in [0.29, 0.717) is 6.04 Å². The van der Waals surface area contributed by atoms with Gasteiger partial charge in [-0.2, -0.15) is 0 Å². The molecule has 0 unspecified atom stereocenters. The van der Waals surface area contributed by atoms with Crippen LogP contribution in [0.25, 0.3) is 0 Å². The molecule has 3 rings (SSSR count). The van der Waals surface area contributed by atoms with Gasteiger partial charge in [0.2, 0.25) is 0 Å². The lowest BCUT2D eigenvalue weighted by Gasteiger charge is -2.35. The first-order chi connectivity index (χ1) is 8.34. The van der Waals surface area contributed by atoms with Crippen LogP contribution in [0.2, 0.25) is 0 Å². The number of hydrogen-bond acceptors (Lipinski definition) is 3. The van der Waals surface area contributed by atoms with E-state index < -0.39 is 0 Å². The zero-order valence-electron chi connectivity index (χ0n) is 10.6. The highest BCUT2D eigenvalue weighted by atomic mass is 15.3. The van der Waals surface area contributed by atoms with Crippen molar-refractivity contribution in [1.29, 1.82) is 0 Å². The highest BCUT2D eigenvalue weighted by molar-refractivity contribution is 5.46. The standard InChI is InChI=1S/C14H21N3/c1-11-9-15-6-7-17(11)14-8-12-4-2-3-5-13(12)10-16-14/h8,10-11,15H,2-7,9H2,1H3/t11-/m1/s1. The third kappa shape index (κ3) is 2.16. The molecule has 1 fully saturated rings. The summed E-state index contributed by atoms with van der Waals surface area (Å²) in [5, 5.41) is 3.43. The molecule has 0 amide bonds. The maximum atomic E-state index is 4.66. The topological polar surface area (TPSA) is 28.2 Å². The molecule has 0 radical (unpaired) electrons. The smallest absolute Gasteiger partial charge is 0.129 e. The molecule has 0 bridgehead atoms. The quantitative estimate of drug-likeness (QED) is 0.798. The van der Waals surface area contributed by atoms with Crippen LogP contribution in [0.1, 0.15) is 30.9 Å². The summed E-state index contributed by atoms with van der Waals surface area (Å²) in [6.07, 6.45) is 7.25. The summed E-state index contributed by atoms with van der Waals surface area (Å²) in [4.78, 5) is 7.10. The van der Waals surface area contributed by atoms with Gasteiger partial charge in [-0.1, -0.05) is 0 Å². The zero-order chi connectivity index (χ0) is 11.7. The fourth-order valence-electron chi connectivity index (χ4n) is 2.94. The Hall–Kier alpha value is -1.09. The summed E-state index contributed by atoms with van der Waals surface area (Å²) < 4.78 is 0. The van der Waals surface area contributed by atoms with Crippen molar-refractivity contribution in [3.63, 3.8) is 0 Å². The number of hydrogen-bond donors (Lipinski definition) is 1. The van der Waals surface area contributed by atoms with Crippen molar-refractivity contribution in [2.45, 2.75) is 38.6 Å². The van der Waals surface area contributed by atoms with Crippen LogP contribution in [0.4, 0.5) is 5.82 Å². The Kier molecular flexibility index (Phi) is 3.02. The van der Waals surface area contributed by atoms with Gasteiger partial charge in [0.25, 0.3) is 0 Å². The molecule has 1 aliphatic carbocycles. The molecule has 2 heterocycles. The SMILES string of the molecule is C[C@@H]1CNCCN1c1cc2c(cn1)CCCC2. The Balaban J connectivity index is 1.87. The van der Waals surface area contributed by atoms with Crippen molar-refractivity contribution in [1.82, 2.24) is 10.3 Å². The van der Waals surface area contributed by atoms with Crippen molar-refractivity contribution in [3.05, 3.63) is 23.4 Å². The van der Waals surface area contributed by atoms with E-state index in [1.807, 2.05) is 0 Å². The first-order valence-electron chi connectivity index (χ1n) is 6.80. The van der Waals surface area contributed by atoms with Crippen molar-refractivity contribution in [2.75, 3.05) is 24.5 Å². The summed E-state index contributed by atoms with van der Waals surface area (Å²) in [6.45, 7) is 5.49. The highest BCUT2D eigenvalue weighted by Crippen LogP contribution is 2.25. The minimum Gasteiger partial charge on any atom is -0.351 e. The second-order valence-electron chi connectivity index (χ2n) is 5.26. The van der Waals surface area contributed by atoms with Crippen LogP contribution in [0, 0.1) is 0 Å². The lowest BCUT2D eigenvalue weighted by Crippen LogP contribution is -2.50. The van der Waals surface area contributed by atoms with Gasteiger partial charge in [0.15, 0.2) is 0 Å². The number of piperazine rings is 1. The van der Waals surface area contributed by atoms with Gasteiger partial charge in [0.1, 0.15) is 5.82 Å². The lowest BCUT2D eigenvalue weighted by atomic mass is 9.93. The Morgan fingerprint density at radius 3 is 2.94 bits per heavy atom. The average molecular weight is 231 g/mol. The molecule has 3 nitrogen and oxygen atoms in total. The van der Waals surface area contributed by atoms with E-state index in [-0.39, 0.29) is 0 Å². The molecule has 1 N–H and O–H groups in total. The second-order valence-corrected chi connectivity index (χ2v) is 5.26. The van der Waals surface area contributed by atoms with E-state index in [0.717, 1.165) is 19.6 Å². The van der Waals surface area contributed by atoms with E-state index in [1.165, 1.54) is 42.6 Å². The number of nitrogens with zero attached hydrogens (tertiary/aromatic N) is 2. The van der Waals surface area contributed by atoms with Crippen molar-refractivity contribution in [3.8, 4) is 0 Å². The summed E-state index contributed by atoms with van der Waals surface area (Å²) in [5.41, 5.74) is 3.01. The number of aromatic nitrogens is 1. The number of pyridine rings is 1. The molecule has 1 aromatic rings. The molecule has 2 aliphatic rings. The highest BCUT2D eigenvalue weighted by Gasteiger charge is 2.20. The van der Waals surface area contributed by atoms with Gasteiger partial charge >= 0.3 is 0 Å². The molecule has 92 valence electrons. The van der Waals surface area contributed by atoms with E-state index in [2.05, 4.69) is 34.4 Å². The second kappa shape index (κ2) is 4.65. The number of fused-ring (bicyclic) bond motifs is 1. The first-order valence-corrected chi connectivity index (χ1v) is 6.80. The number of rotatable bonds is 1. The molecule has 1 aliphatic heterocycles. The third-order valence-corrected chi connectivity index (χ3v) is 4.01. The largest absolute Gasteiger partial charge is 0.351 e. The van der Waals surface area contributed by atoms with E-state index >= 15 is 0 Å². The van der Waals surface area contributed by atoms with Crippen molar-refractivity contribution in [2.24, 2.45) is 0 Å². The van der Waals surface area contributed by atoms with Crippen LogP contribution in [0.3, 0.4) is 0 Å². The molecule has 0 spiro atoms. The Morgan fingerprint density at radius 1 is 1.29 bits per heavy atom. The van der Waals surface area contributed by atoms with Gasteiger partial charge in [-0.3, -0.25) is 0 Å². The predicted molar refractivity (Wildman–Crippen MR) is 70.6 cm³/mol. The molecular weight excluding hydrogens is 210 g/mol. The predicted octanol–water partition coefficient (Wildman–Crippen LogP) is 1.76. The van der Waals surface area contributed by atoms with Crippen LogP contribution in [-0.4, -0.2) is 30.7 Å². The molecule has 3 heteroatoms. The van der Waals surface area contributed by atoms with E-state index in [9.17, 15) is 0 Å². The van der Waals surface area contributed by atoms with Crippen LogP contribution < -0.4 is 10.2 Å². The van der Waals surface area contributed by atoms with Crippen LogP contribution in [0.5, 0.6) is 0 Å². The number of anilines is 1. The molecule has 1 saturated heterocycles. The van der Waals surface area contributed by atoms with Gasteiger partial charge in [-0.05, 0) is 49.8 Å². The molecule has 1 aromatic heterocycles. The molecule has 1 atom stereocenters.